The van der Waals surface area contributed by atoms with Gasteiger partial charge < -0.3 is 4.74 Å². The molecule has 7 heteroatoms. The molecule has 1 aromatic heterocycles. The van der Waals surface area contributed by atoms with Gasteiger partial charge in [-0.15, -0.1) is 5.10 Å². The van der Waals surface area contributed by atoms with E-state index in [9.17, 15) is 4.79 Å². The van der Waals surface area contributed by atoms with Gasteiger partial charge in [-0.1, -0.05) is 0 Å². The van der Waals surface area contributed by atoms with E-state index in [0.717, 1.165) is 0 Å². The molecule has 0 unspecified atom stereocenters. The standard InChI is InChI=1S/C4H6N4O2.Na.H/c1-2-10-4(9)3-5-7-8-6-3;;/h2H2,1H3,(H,5,6,7,8);;. The molecule has 0 bridgehead atoms. The molecule has 11 heavy (non-hydrogen) atoms. The van der Waals surface area contributed by atoms with Crippen LogP contribution in [0.15, 0.2) is 0 Å². The average Bonchev–Trinajstić information content (AvgIpc) is 2.38. The summed E-state index contributed by atoms with van der Waals surface area (Å²) in [4.78, 5) is 10.7. The SMILES string of the molecule is CCOC(=O)c1nnn[nH]1.[NaH]. The number of hydrogen-bond donors (Lipinski definition) is 1. The van der Waals surface area contributed by atoms with Crippen molar-refractivity contribution in [2.45, 2.75) is 6.92 Å². The third-order valence-electron chi connectivity index (χ3n) is 0.814. The van der Waals surface area contributed by atoms with E-state index in [1.165, 1.54) is 0 Å². The van der Waals surface area contributed by atoms with Gasteiger partial charge in [-0.25, -0.2) is 9.89 Å². The molecule has 6 nitrogen and oxygen atoms in total. The number of carbonyl (C=O) groups is 1. The van der Waals surface area contributed by atoms with E-state index in [1.807, 2.05) is 0 Å². The predicted molar refractivity (Wildman–Crippen MR) is 37.3 cm³/mol. The molecule has 0 aromatic carbocycles. The molecule has 0 saturated heterocycles. The van der Waals surface area contributed by atoms with Gasteiger partial charge in [-0.2, -0.15) is 0 Å². The quantitative estimate of drug-likeness (QED) is 0.437. The van der Waals surface area contributed by atoms with Gasteiger partial charge in [0.1, 0.15) is 0 Å². The summed E-state index contributed by atoms with van der Waals surface area (Å²) in [6.07, 6.45) is 0. The van der Waals surface area contributed by atoms with Crippen LogP contribution in [0.2, 0.25) is 0 Å². The first kappa shape index (κ1) is 10.5. The van der Waals surface area contributed by atoms with E-state index in [0.29, 0.717) is 6.61 Å². The molecule has 1 aromatic rings. The number of H-pyrrole nitrogens is 1. The van der Waals surface area contributed by atoms with Crippen molar-refractivity contribution >= 4 is 35.5 Å². The van der Waals surface area contributed by atoms with Crippen molar-refractivity contribution in [3.63, 3.8) is 0 Å². The summed E-state index contributed by atoms with van der Waals surface area (Å²) >= 11 is 0. The van der Waals surface area contributed by atoms with Gasteiger partial charge in [0.05, 0.1) is 6.61 Å². The van der Waals surface area contributed by atoms with Crippen LogP contribution in [-0.4, -0.2) is 62.8 Å². The molecule has 1 N–H and O–H groups in total. The number of nitrogens with one attached hydrogen (secondary N) is 1. The second kappa shape index (κ2) is 5.22. The van der Waals surface area contributed by atoms with Gasteiger partial charge in [-0.05, 0) is 17.4 Å². The van der Waals surface area contributed by atoms with Crippen molar-refractivity contribution in [3.05, 3.63) is 5.82 Å². The zero-order chi connectivity index (χ0) is 7.40. The predicted octanol–water partition coefficient (Wildman–Crippen LogP) is -1.27. The Morgan fingerprint density at radius 2 is 2.45 bits per heavy atom. The molecule has 0 aliphatic rings. The number of hydrogen-bond acceptors (Lipinski definition) is 5. The van der Waals surface area contributed by atoms with E-state index in [4.69, 9.17) is 0 Å². The number of rotatable bonds is 2. The molecule has 0 aliphatic heterocycles. The Morgan fingerprint density at radius 3 is 2.91 bits per heavy atom. The van der Waals surface area contributed by atoms with E-state index >= 15 is 0 Å². The fourth-order valence-corrected chi connectivity index (χ4v) is 0.445. The van der Waals surface area contributed by atoms with E-state index in [1.54, 1.807) is 6.92 Å². The van der Waals surface area contributed by atoms with Crippen LogP contribution in [0, 0.1) is 0 Å². The average molecular weight is 166 g/mol. The number of aromatic amines is 1. The van der Waals surface area contributed by atoms with E-state index in [-0.39, 0.29) is 35.4 Å². The molecule has 1 rings (SSSR count). The third kappa shape index (κ3) is 2.96. The molecule has 1 heterocycles. The van der Waals surface area contributed by atoms with Crippen molar-refractivity contribution in [1.29, 1.82) is 0 Å². The number of esters is 1. The minimum atomic E-state index is -0.535. The first-order valence-electron chi connectivity index (χ1n) is 2.75. The van der Waals surface area contributed by atoms with Crippen molar-refractivity contribution in [2.24, 2.45) is 0 Å². The number of carbonyl (C=O) groups excluding carboxylic acids is 1. The fraction of sp³-hybridized carbons (Fsp3) is 0.500. The first-order chi connectivity index (χ1) is 4.84. The third-order valence-corrected chi connectivity index (χ3v) is 0.814. The Kier molecular flexibility index (Phi) is 5.01. The first-order valence-corrected chi connectivity index (χ1v) is 2.75. The van der Waals surface area contributed by atoms with Crippen LogP contribution in [0.4, 0.5) is 0 Å². The van der Waals surface area contributed by atoms with Gasteiger partial charge >= 0.3 is 35.5 Å². The van der Waals surface area contributed by atoms with Crippen molar-refractivity contribution < 1.29 is 9.53 Å². The molecular formula is C4H7N4NaO2. The van der Waals surface area contributed by atoms with Crippen molar-refractivity contribution in [2.75, 3.05) is 6.61 Å². The number of ether oxygens (including phenoxy) is 1. The minimum absolute atomic E-state index is 0. The summed E-state index contributed by atoms with van der Waals surface area (Å²) in [5.41, 5.74) is 0. The maximum atomic E-state index is 10.7. The molecule has 0 amide bonds. The summed E-state index contributed by atoms with van der Waals surface area (Å²) in [6.45, 7) is 2.03. The van der Waals surface area contributed by atoms with Crippen LogP contribution in [0.5, 0.6) is 0 Å². The Hall–Kier alpha value is -0.460. The van der Waals surface area contributed by atoms with E-state index < -0.39 is 5.97 Å². The number of tetrazole rings is 1. The Balaban J connectivity index is 0.000001000. The van der Waals surface area contributed by atoms with Crippen LogP contribution in [0.25, 0.3) is 0 Å². The van der Waals surface area contributed by atoms with Crippen molar-refractivity contribution in [1.82, 2.24) is 20.6 Å². The van der Waals surface area contributed by atoms with Crippen LogP contribution >= 0.6 is 0 Å². The number of aromatic nitrogens is 4. The zero-order valence-electron chi connectivity index (χ0n) is 5.37. The fourth-order valence-electron chi connectivity index (χ4n) is 0.445. The Labute approximate surface area is 85.0 Å². The molecular weight excluding hydrogens is 159 g/mol. The van der Waals surface area contributed by atoms with Gasteiger partial charge in [0.25, 0.3) is 5.82 Å². The maximum absolute atomic E-state index is 10.7. The normalized spacial score (nSPS) is 8.45. The molecule has 0 atom stereocenters. The van der Waals surface area contributed by atoms with Gasteiger partial charge in [0.15, 0.2) is 0 Å². The molecule has 0 spiro atoms. The molecule has 56 valence electrons. The monoisotopic (exact) mass is 166 g/mol. The Bertz CT molecular complexity index is 212. The molecule has 0 fully saturated rings. The van der Waals surface area contributed by atoms with Crippen LogP contribution < -0.4 is 0 Å². The summed E-state index contributed by atoms with van der Waals surface area (Å²) in [6, 6.07) is 0. The number of nitrogens with zero attached hydrogens (tertiary/aromatic N) is 3. The molecule has 0 aliphatic carbocycles. The van der Waals surface area contributed by atoms with E-state index in [2.05, 4.69) is 25.4 Å². The Morgan fingerprint density at radius 1 is 1.73 bits per heavy atom. The van der Waals surface area contributed by atoms with Gasteiger partial charge in [-0.3, -0.25) is 0 Å². The summed E-state index contributed by atoms with van der Waals surface area (Å²) in [7, 11) is 0. The summed E-state index contributed by atoms with van der Waals surface area (Å²) in [5, 5.41) is 12.0. The second-order valence-corrected chi connectivity index (χ2v) is 1.47. The molecule has 0 saturated carbocycles. The van der Waals surface area contributed by atoms with Crippen molar-refractivity contribution in [3.8, 4) is 0 Å². The molecule has 0 radical (unpaired) electrons. The van der Waals surface area contributed by atoms with Crippen LogP contribution in [0.1, 0.15) is 17.5 Å². The summed E-state index contributed by atoms with van der Waals surface area (Å²) < 4.78 is 4.57. The van der Waals surface area contributed by atoms with Crippen LogP contribution in [0.3, 0.4) is 0 Å². The van der Waals surface area contributed by atoms with Crippen LogP contribution in [-0.2, 0) is 4.74 Å². The zero-order valence-corrected chi connectivity index (χ0v) is 5.37. The topological polar surface area (TPSA) is 80.8 Å². The van der Waals surface area contributed by atoms with Gasteiger partial charge in [0.2, 0.25) is 0 Å². The van der Waals surface area contributed by atoms with Gasteiger partial charge in [0, 0.05) is 0 Å². The summed E-state index contributed by atoms with van der Waals surface area (Å²) in [5.74, 6) is -0.505. The second-order valence-electron chi connectivity index (χ2n) is 1.47.